The third kappa shape index (κ3) is 5.44. The van der Waals surface area contributed by atoms with E-state index in [1.165, 1.54) is 6.42 Å². The van der Waals surface area contributed by atoms with Crippen LogP contribution >= 0.6 is 0 Å². The molecular formula is C24H27N3O3. The number of hydrogen-bond donors (Lipinski definition) is 2. The molecule has 2 aromatic carbocycles. The first kappa shape index (κ1) is 22.6. The molecule has 6 heteroatoms. The van der Waals surface area contributed by atoms with Crippen molar-refractivity contribution in [3.63, 3.8) is 0 Å². The molecule has 0 aliphatic heterocycles. The first-order valence-corrected chi connectivity index (χ1v) is 9.82. The van der Waals surface area contributed by atoms with Gasteiger partial charge in [-0.05, 0) is 24.6 Å². The van der Waals surface area contributed by atoms with E-state index in [0.29, 0.717) is 17.1 Å². The van der Waals surface area contributed by atoms with E-state index < -0.39 is 18.4 Å². The van der Waals surface area contributed by atoms with Crippen LogP contribution < -0.4 is 0 Å². The number of aromatic amines is 1. The van der Waals surface area contributed by atoms with Crippen molar-refractivity contribution in [2.75, 3.05) is 6.54 Å². The van der Waals surface area contributed by atoms with Crippen molar-refractivity contribution >= 4 is 34.2 Å². The normalized spacial score (nSPS) is 10.8. The molecule has 3 aromatic rings. The third-order valence-corrected chi connectivity index (χ3v) is 4.13. The van der Waals surface area contributed by atoms with Gasteiger partial charge in [0.05, 0.1) is 16.6 Å². The molecule has 1 aromatic heterocycles. The zero-order valence-electron chi connectivity index (χ0n) is 17.6. The highest BCUT2D eigenvalue weighted by atomic mass is 16.4. The lowest BCUT2D eigenvalue weighted by atomic mass is 10.1. The van der Waals surface area contributed by atoms with Gasteiger partial charge in [0.25, 0.3) is 5.91 Å². The van der Waals surface area contributed by atoms with Gasteiger partial charge in [-0.3, -0.25) is 14.5 Å². The smallest absolute Gasteiger partial charge is 0.323 e. The zero-order valence-corrected chi connectivity index (χ0v) is 17.6. The minimum atomic E-state index is -1.12. The maximum atomic E-state index is 13.2. The van der Waals surface area contributed by atoms with Crippen LogP contribution in [0.2, 0.25) is 0 Å². The predicted octanol–water partition coefficient (Wildman–Crippen LogP) is 4.97. The van der Waals surface area contributed by atoms with Crippen LogP contribution in [0.1, 0.15) is 38.6 Å². The number of nitrogens with one attached hydrogen (secondary N) is 1. The summed E-state index contributed by atoms with van der Waals surface area (Å²) in [7, 11) is 0. The molecule has 0 saturated carbocycles. The van der Waals surface area contributed by atoms with Crippen molar-refractivity contribution in [1.82, 2.24) is 14.9 Å². The Morgan fingerprint density at radius 3 is 2.27 bits per heavy atom. The largest absolute Gasteiger partial charge is 0.480 e. The van der Waals surface area contributed by atoms with E-state index in [9.17, 15) is 14.7 Å². The van der Waals surface area contributed by atoms with Gasteiger partial charge in [-0.15, -0.1) is 0 Å². The van der Waals surface area contributed by atoms with Crippen molar-refractivity contribution in [3.05, 3.63) is 78.6 Å². The van der Waals surface area contributed by atoms with Gasteiger partial charge in [0.1, 0.15) is 12.4 Å². The molecule has 0 spiro atoms. The van der Waals surface area contributed by atoms with Crippen LogP contribution in [0.4, 0.5) is 0 Å². The Kier molecular flexibility index (Phi) is 8.11. The Balaban J connectivity index is 0.00000101. The van der Waals surface area contributed by atoms with E-state index in [1.54, 1.807) is 37.3 Å². The molecule has 1 amide bonds. The molecule has 156 valence electrons. The highest BCUT2D eigenvalue weighted by Crippen LogP contribution is 2.24. The number of benzene rings is 2. The van der Waals surface area contributed by atoms with E-state index in [1.807, 2.05) is 30.3 Å². The van der Waals surface area contributed by atoms with Crippen LogP contribution in [0.3, 0.4) is 0 Å². The van der Waals surface area contributed by atoms with Gasteiger partial charge in [-0.2, -0.15) is 0 Å². The summed E-state index contributed by atoms with van der Waals surface area (Å²) < 4.78 is 0. The molecule has 0 saturated heterocycles. The summed E-state index contributed by atoms with van der Waals surface area (Å²) in [5.74, 6) is -1.21. The highest BCUT2D eigenvalue weighted by molar-refractivity contribution is 6.21. The Labute approximate surface area is 176 Å². The van der Waals surface area contributed by atoms with Gasteiger partial charge in [-0.25, -0.2) is 4.98 Å². The first-order chi connectivity index (χ1) is 14.4. The summed E-state index contributed by atoms with van der Waals surface area (Å²) in [6, 6.07) is 16.4. The predicted molar refractivity (Wildman–Crippen MR) is 121 cm³/mol. The number of carbonyl (C=O) groups excluding carboxylic acids is 1. The second kappa shape index (κ2) is 10.8. The molecule has 1 heterocycles. The topological polar surface area (TPSA) is 86.3 Å². The summed E-state index contributed by atoms with van der Waals surface area (Å²) in [6.07, 6.45) is 2.87. The van der Waals surface area contributed by atoms with Crippen LogP contribution in [0.5, 0.6) is 0 Å². The van der Waals surface area contributed by atoms with Gasteiger partial charge in [0, 0.05) is 5.70 Å². The lowest BCUT2D eigenvalue weighted by molar-refractivity contribution is -0.140. The number of carboxylic acid groups (broad SMARTS) is 1. The molecular weight excluding hydrogens is 378 g/mol. The molecule has 0 atom stereocenters. The lowest BCUT2D eigenvalue weighted by Gasteiger charge is -2.24. The number of para-hydroxylation sites is 2. The molecule has 3 rings (SSSR count). The highest BCUT2D eigenvalue weighted by Gasteiger charge is 2.26. The van der Waals surface area contributed by atoms with Crippen molar-refractivity contribution in [1.29, 1.82) is 0 Å². The number of imidazole rings is 1. The number of rotatable bonds is 6. The third-order valence-electron chi connectivity index (χ3n) is 4.13. The number of carboxylic acids is 1. The van der Waals surface area contributed by atoms with E-state index in [4.69, 9.17) is 0 Å². The van der Waals surface area contributed by atoms with E-state index >= 15 is 0 Å². The van der Waals surface area contributed by atoms with Crippen LogP contribution in [0.25, 0.3) is 22.3 Å². The van der Waals surface area contributed by atoms with Gasteiger partial charge < -0.3 is 10.1 Å². The monoisotopic (exact) mass is 405 g/mol. The molecule has 30 heavy (non-hydrogen) atoms. The minimum Gasteiger partial charge on any atom is -0.480 e. The summed E-state index contributed by atoms with van der Waals surface area (Å²) in [6.45, 7) is 9.40. The fourth-order valence-corrected chi connectivity index (χ4v) is 2.80. The van der Waals surface area contributed by atoms with Crippen LogP contribution in [-0.4, -0.2) is 38.4 Å². The summed E-state index contributed by atoms with van der Waals surface area (Å²) in [5, 5.41) is 9.29. The second-order valence-corrected chi connectivity index (χ2v) is 6.61. The number of carbonyl (C=O) groups is 2. The summed E-state index contributed by atoms with van der Waals surface area (Å²) >= 11 is 0. The number of H-pyrrole nitrogens is 1. The standard InChI is InChI=1S/C21H19N3O3.C3H8/c1-3-16(20-22-17-11-7-8-12-18(17)23-20)21(27)24(13-19(25)26)14(2)15-9-5-4-6-10-15;1-3-2/h3-12H,2,13H2,1H3,(H,22,23)(H,25,26);3H2,1-2H3/b16-3-;. The van der Waals surface area contributed by atoms with Crippen LogP contribution in [0, 0.1) is 0 Å². The Morgan fingerprint density at radius 1 is 1.10 bits per heavy atom. The quantitative estimate of drug-likeness (QED) is 0.567. The van der Waals surface area contributed by atoms with Gasteiger partial charge >= 0.3 is 5.97 Å². The Morgan fingerprint density at radius 2 is 1.70 bits per heavy atom. The maximum Gasteiger partial charge on any atom is 0.323 e. The SMILES string of the molecule is C=C(c1ccccc1)N(CC(=O)O)C(=O)/C(=C\C)c1nc2ccccc2[nH]1.CCC. The zero-order chi connectivity index (χ0) is 22.1. The van der Waals surface area contributed by atoms with Gasteiger partial charge in [-0.1, -0.05) is 75.4 Å². The fourth-order valence-electron chi connectivity index (χ4n) is 2.80. The Hall–Kier alpha value is -3.67. The van der Waals surface area contributed by atoms with Crippen molar-refractivity contribution < 1.29 is 14.7 Å². The van der Waals surface area contributed by atoms with E-state index in [0.717, 1.165) is 15.9 Å². The Bertz CT molecular complexity index is 1020. The number of nitrogens with zero attached hydrogens (tertiary/aromatic N) is 2. The molecule has 0 fully saturated rings. The van der Waals surface area contributed by atoms with Gasteiger partial charge in [0.15, 0.2) is 0 Å². The van der Waals surface area contributed by atoms with E-state index in [-0.39, 0.29) is 5.57 Å². The number of allylic oxidation sites excluding steroid dienone is 1. The van der Waals surface area contributed by atoms with Crippen molar-refractivity contribution in [2.45, 2.75) is 27.2 Å². The molecule has 2 N–H and O–H groups in total. The average Bonchev–Trinajstić information content (AvgIpc) is 3.16. The molecule has 0 unspecified atom stereocenters. The summed E-state index contributed by atoms with van der Waals surface area (Å²) in [5.41, 5.74) is 2.80. The number of aromatic nitrogens is 2. The first-order valence-electron chi connectivity index (χ1n) is 9.82. The van der Waals surface area contributed by atoms with Gasteiger partial charge in [0.2, 0.25) is 0 Å². The maximum absolute atomic E-state index is 13.2. The molecule has 0 bridgehead atoms. The van der Waals surface area contributed by atoms with E-state index in [2.05, 4.69) is 30.4 Å². The van der Waals surface area contributed by atoms with Crippen molar-refractivity contribution in [2.24, 2.45) is 0 Å². The van der Waals surface area contributed by atoms with Crippen molar-refractivity contribution in [3.8, 4) is 0 Å². The average molecular weight is 405 g/mol. The van der Waals surface area contributed by atoms with Crippen LogP contribution in [0.15, 0.2) is 67.3 Å². The molecule has 6 nitrogen and oxygen atoms in total. The number of hydrogen-bond acceptors (Lipinski definition) is 3. The minimum absolute atomic E-state index is 0.282. The lowest BCUT2D eigenvalue weighted by Crippen LogP contribution is -2.34. The van der Waals surface area contributed by atoms with Crippen LogP contribution in [-0.2, 0) is 9.59 Å². The molecule has 0 radical (unpaired) electrons. The number of fused-ring (bicyclic) bond motifs is 1. The number of amides is 1. The molecule has 0 aliphatic carbocycles. The summed E-state index contributed by atoms with van der Waals surface area (Å²) in [4.78, 5) is 33.2. The number of aliphatic carboxylic acids is 1. The molecule has 0 aliphatic rings. The fraction of sp³-hybridized carbons (Fsp3) is 0.208. The second-order valence-electron chi connectivity index (χ2n) is 6.61.